The summed E-state index contributed by atoms with van der Waals surface area (Å²) in [4.78, 5) is 35.0. The number of nitrogens with one attached hydrogen (secondary N) is 3. The minimum Gasteiger partial charge on any atom is -0.368 e. The number of carbonyl (C=O) groups is 2. The molecule has 8 nitrogen and oxygen atoms in total. The number of hydrogen-bond acceptors (Lipinski definition) is 6. The van der Waals surface area contributed by atoms with E-state index in [1.165, 1.54) is 13.3 Å². The lowest BCUT2D eigenvalue weighted by atomic mass is 10.0. The molecule has 2 heterocycles. The van der Waals surface area contributed by atoms with Crippen molar-refractivity contribution in [1.82, 2.24) is 20.2 Å². The first-order valence-corrected chi connectivity index (χ1v) is 10.5. The highest BCUT2D eigenvalue weighted by atomic mass is 16.2. The zero-order valence-corrected chi connectivity index (χ0v) is 17.6. The predicted octanol–water partition coefficient (Wildman–Crippen LogP) is 2.50. The SMILES string of the molecule is CC(=O)NCCNc1cc(NC(=O)CN2CCCCC2C)nc(-c2ccccc2)n1. The number of piperidine rings is 1. The largest absolute Gasteiger partial charge is 0.368 e. The summed E-state index contributed by atoms with van der Waals surface area (Å²) in [6, 6.07) is 11.8. The summed E-state index contributed by atoms with van der Waals surface area (Å²) in [7, 11) is 0. The van der Waals surface area contributed by atoms with E-state index in [0.717, 1.165) is 24.9 Å². The fourth-order valence-electron chi connectivity index (χ4n) is 3.51. The highest BCUT2D eigenvalue weighted by Crippen LogP contribution is 2.21. The smallest absolute Gasteiger partial charge is 0.239 e. The lowest BCUT2D eigenvalue weighted by Gasteiger charge is -2.32. The van der Waals surface area contributed by atoms with Crippen LogP contribution < -0.4 is 16.0 Å². The summed E-state index contributed by atoms with van der Waals surface area (Å²) in [5.41, 5.74) is 0.864. The molecule has 160 valence electrons. The summed E-state index contributed by atoms with van der Waals surface area (Å²) in [6.45, 7) is 5.95. The molecule has 0 spiro atoms. The van der Waals surface area contributed by atoms with Gasteiger partial charge in [-0.3, -0.25) is 14.5 Å². The first-order chi connectivity index (χ1) is 14.5. The van der Waals surface area contributed by atoms with Gasteiger partial charge < -0.3 is 16.0 Å². The molecule has 1 aliphatic rings. The van der Waals surface area contributed by atoms with E-state index >= 15 is 0 Å². The first-order valence-electron chi connectivity index (χ1n) is 10.5. The van der Waals surface area contributed by atoms with Gasteiger partial charge in [0.25, 0.3) is 0 Å². The molecule has 3 rings (SSSR count). The fraction of sp³-hybridized carbons (Fsp3) is 0.455. The van der Waals surface area contributed by atoms with E-state index < -0.39 is 0 Å². The molecule has 2 aromatic rings. The monoisotopic (exact) mass is 410 g/mol. The molecule has 30 heavy (non-hydrogen) atoms. The van der Waals surface area contributed by atoms with Crippen molar-refractivity contribution in [2.45, 2.75) is 39.2 Å². The van der Waals surface area contributed by atoms with Crippen LogP contribution in [-0.4, -0.2) is 58.9 Å². The molecular weight excluding hydrogens is 380 g/mol. The quantitative estimate of drug-likeness (QED) is 0.579. The molecule has 0 radical (unpaired) electrons. The van der Waals surface area contributed by atoms with Crippen LogP contribution in [0.1, 0.15) is 33.1 Å². The van der Waals surface area contributed by atoms with E-state index in [1.807, 2.05) is 30.3 Å². The third-order valence-electron chi connectivity index (χ3n) is 5.12. The van der Waals surface area contributed by atoms with Gasteiger partial charge in [-0.05, 0) is 26.3 Å². The van der Waals surface area contributed by atoms with Crippen LogP contribution in [0.5, 0.6) is 0 Å². The molecular formula is C22H30N6O2. The molecule has 1 fully saturated rings. The average Bonchev–Trinajstić information content (AvgIpc) is 2.73. The zero-order chi connectivity index (χ0) is 21.3. The molecule has 1 saturated heterocycles. The van der Waals surface area contributed by atoms with Crippen molar-refractivity contribution >= 4 is 23.5 Å². The van der Waals surface area contributed by atoms with Crippen LogP contribution in [0.4, 0.5) is 11.6 Å². The number of amides is 2. The van der Waals surface area contributed by atoms with Crippen molar-refractivity contribution in [1.29, 1.82) is 0 Å². The van der Waals surface area contributed by atoms with Crippen LogP contribution in [-0.2, 0) is 9.59 Å². The molecule has 0 saturated carbocycles. The molecule has 8 heteroatoms. The van der Waals surface area contributed by atoms with E-state index in [4.69, 9.17) is 0 Å². The van der Waals surface area contributed by atoms with Gasteiger partial charge >= 0.3 is 0 Å². The highest BCUT2D eigenvalue weighted by molar-refractivity contribution is 5.92. The molecule has 3 N–H and O–H groups in total. The van der Waals surface area contributed by atoms with Crippen LogP contribution in [0.15, 0.2) is 36.4 Å². The minimum atomic E-state index is -0.0793. The number of anilines is 2. The maximum absolute atomic E-state index is 12.6. The lowest BCUT2D eigenvalue weighted by Crippen LogP contribution is -2.42. The Morgan fingerprint density at radius 1 is 1.10 bits per heavy atom. The van der Waals surface area contributed by atoms with E-state index in [-0.39, 0.29) is 11.8 Å². The van der Waals surface area contributed by atoms with E-state index in [0.29, 0.717) is 43.1 Å². The Bertz CT molecular complexity index is 858. The maximum atomic E-state index is 12.6. The van der Waals surface area contributed by atoms with Crippen molar-refractivity contribution in [3.05, 3.63) is 36.4 Å². The van der Waals surface area contributed by atoms with Crippen molar-refractivity contribution in [3.8, 4) is 11.4 Å². The Morgan fingerprint density at radius 3 is 2.60 bits per heavy atom. The van der Waals surface area contributed by atoms with Crippen molar-refractivity contribution in [2.24, 2.45) is 0 Å². The van der Waals surface area contributed by atoms with E-state index in [1.54, 1.807) is 6.07 Å². The Balaban J connectivity index is 1.72. The summed E-state index contributed by atoms with van der Waals surface area (Å²) in [6.07, 6.45) is 3.48. The number of hydrogen-bond donors (Lipinski definition) is 3. The number of nitrogens with zero attached hydrogens (tertiary/aromatic N) is 3. The molecule has 1 aromatic carbocycles. The number of aromatic nitrogens is 2. The summed E-state index contributed by atoms with van der Waals surface area (Å²) in [5, 5.41) is 8.85. The molecule has 2 amide bonds. The minimum absolute atomic E-state index is 0.0781. The first kappa shape index (κ1) is 21.7. The third kappa shape index (κ3) is 6.52. The molecule has 1 atom stereocenters. The highest BCUT2D eigenvalue weighted by Gasteiger charge is 2.21. The van der Waals surface area contributed by atoms with Crippen LogP contribution in [0.3, 0.4) is 0 Å². The van der Waals surface area contributed by atoms with Gasteiger partial charge in [0.1, 0.15) is 11.6 Å². The Kier molecular flexibility index (Phi) is 7.73. The predicted molar refractivity (Wildman–Crippen MR) is 118 cm³/mol. The molecule has 0 bridgehead atoms. The Labute approximate surface area is 177 Å². The zero-order valence-electron chi connectivity index (χ0n) is 17.6. The van der Waals surface area contributed by atoms with Crippen LogP contribution in [0.2, 0.25) is 0 Å². The Morgan fingerprint density at radius 2 is 1.87 bits per heavy atom. The van der Waals surface area contributed by atoms with Gasteiger partial charge in [-0.1, -0.05) is 36.8 Å². The standard InChI is InChI=1S/C22H30N6O2/c1-16-8-6-7-13-28(16)15-21(30)25-20-14-19(24-12-11-23-17(2)29)26-22(27-20)18-9-4-3-5-10-18/h3-5,9-10,14,16H,6-8,11-13,15H2,1-2H3,(H,23,29)(H2,24,25,26,27,30). The van der Waals surface area contributed by atoms with Gasteiger partial charge in [-0.2, -0.15) is 0 Å². The number of carbonyl (C=O) groups excluding carboxylic acids is 2. The number of likely N-dealkylation sites (tertiary alicyclic amines) is 1. The third-order valence-corrected chi connectivity index (χ3v) is 5.12. The van der Waals surface area contributed by atoms with Gasteiger partial charge in [0, 0.05) is 37.7 Å². The van der Waals surface area contributed by atoms with Crippen LogP contribution >= 0.6 is 0 Å². The molecule has 0 aliphatic carbocycles. The second kappa shape index (κ2) is 10.7. The van der Waals surface area contributed by atoms with E-state index in [2.05, 4.69) is 37.7 Å². The average molecular weight is 411 g/mol. The summed E-state index contributed by atoms with van der Waals surface area (Å²) in [5.74, 6) is 1.42. The maximum Gasteiger partial charge on any atom is 0.239 e. The number of benzene rings is 1. The van der Waals surface area contributed by atoms with Crippen molar-refractivity contribution in [3.63, 3.8) is 0 Å². The van der Waals surface area contributed by atoms with E-state index in [9.17, 15) is 9.59 Å². The molecule has 1 unspecified atom stereocenters. The van der Waals surface area contributed by atoms with Crippen molar-refractivity contribution < 1.29 is 9.59 Å². The van der Waals surface area contributed by atoms with Gasteiger partial charge in [0.05, 0.1) is 6.54 Å². The van der Waals surface area contributed by atoms with Gasteiger partial charge in [-0.15, -0.1) is 0 Å². The molecule has 1 aromatic heterocycles. The van der Waals surface area contributed by atoms with Crippen LogP contribution in [0.25, 0.3) is 11.4 Å². The number of rotatable bonds is 8. The van der Waals surface area contributed by atoms with Gasteiger partial charge in [0.15, 0.2) is 5.82 Å². The fourth-order valence-corrected chi connectivity index (χ4v) is 3.51. The topological polar surface area (TPSA) is 99.2 Å². The molecule has 1 aliphatic heterocycles. The van der Waals surface area contributed by atoms with Gasteiger partial charge in [-0.25, -0.2) is 9.97 Å². The Hall–Kier alpha value is -3.00. The summed E-state index contributed by atoms with van der Waals surface area (Å²) >= 11 is 0. The second-order valence-corrected chi connectivity index (χ2v) is 7.60. The summed E-state index contributed by atoms with van der Waals surface area (Å²) < 4.78 is 0. The lowest BCUT2D eigenvalue weighted by molar-refractivity contribution is -0.119. The van der Waals surface area contributed by atoms with Crippen molar-refractivity contribution in [2.75, 3.05) is 36.8 Å². The van der Waals surface area contributed by atoms with Crippen LogP contribution in [0, 0.1) is 0 Å². The second-order valence-electron chi connectivity index (χ2n) is 7.60. The normalized spacial score (nSPS) is 16.7. The van der Waals surface area contributed by atoms with Gasteiger partial charge in [0.2, 0.25) is 11.8 Å².